The lowest BCUT2D eigenvalue weighted by Crippen LogP contribution is -1.95. The highest BCUT2D eigenvalue weighted by Crippen LogP contribution is 2.25. The second-order valence-corrected chi connectivity index (χ2v) is 7.22. The number of nitrogens with zero attached hydrogens (tertiary/aromatic N) is 2. The molecule has 0 aliphatic carbocycles. The van der Waals surface area contributed by atoms with Crippen molar-refractivity contribution in [3.05, 3.63) is 57.6 Å². The first-order valence-electron chi connectivity index (χ1n) is 10.7. The second-order valence-electron chi connectivity index (χ2n) is 7.22. The molecule has 0 aliphatic rings. The van der Waals surface area contributed by atoms with E-state index in [1.165, 1.54) is 11.1 Å². The molecular weight excluding hydrogens is 360 g/mol. The first-order chi connectivity index (χ1) is 14.0. The van der Waals surface area contributed by atoms with E-state index in [4.69, 9.17) is 0 Å². The number of benzene rings is 2. The highest BCUT2D eigenvalue weighted by molar-refractivity contribution is 5.85. The fourth-order valence-electron chi connectivity index (χ4n) is 3.30. The van der Waals surface area contributed by atoms with Gasteiger partial charge in [-0.3, -0.25) is 9.98 Å². The van der Waals surface area contributed by atoms with E-state index in [9.17, 15) is 10.2 Å². The molecule has 156 valence electrons. The summed E-state index contributed by atoms with van der Waals surface area (Å²) < 4.78 is 0. The van der Waals surface area contributed by atoms with E-state index in [-0.39, 0.29) is 0 Å². The van der Waals surface area contributed by atoms with Gasteiger partial charge in [0.05, 0.1) is 0 Å². The van der Waals surface area contributed by atoms with Gasteiger partial charge in [0.1, 0.15) is 11.5 Å². The molecule has 2 rings (SSSR count). The Morgan fingerprint density at radius 1 is 0.655 bits per heavy atom. The molecule has 2 aromatic rings. The Morgan fingerprint density at radius 2 is 1.07 bits per heavy atom. The summed E-state index contributed by atoms with van der Waals surface area (Å²) >= 11 is 0. The van der Waals surface area contributed by atoms with Crippen molar-refractivity contribution in [2.24, 2.45) is 9.98 Å². The predicted octanol–water partition coefficient (Wildman–Crippen LogP) is 5.28. The Kier molecular flexibility index (Phi) is 8.91. The molecule has 0 saturated carbocycles. The number of hydrogen-bond acceptors (Lipinski definition) is 4. The molecule has 0 atom stereocenters. The van der Waals surface area contributed by atoms with Crippen LogP contribution in [0.1, 0.15) is 67.5 Å². The van der Waals surface area contributed by atoms with Gasteiger partial charge >= 0.3 is 0 Å². The van der Waals surface area contributed by atoms with Crippen LogP contribution in [0.5, 0.6) is 11.5 Å². The molecule has 0 unspecified atom stereocenters. The van der Waals surface area contributed by atoms with Crippen molar-refractivity contribution in [2.75, 3.05) is 13.1 Å². The largest absolute Gasteiger partial charge is 0.507 e. The molecule has 0 fully saturated rings. The van der Waals surface area contributed by atoms with Gasteiger partial charge in [0.25, 0.3) is 0 Å². The Bertz CT molecular complexity index is 798. The standard InChI is InChI=1S/C25H34N2O2/c1-5-18-12-20(7-3)24(28)22(14-18)16-26-10-9-11-27-17-23-15-19(6-2)13-21(8-4)25(23)29/h12-17,28-29H,5-11H2,1-4H3. The summed E-state index contributed by atoms with van der Waals surface area (Å²) in [5.74, 6) is 0.675. The predicted molar refractivity (Wildman–Crippen MR) is 123 cm³/mol. The third-order valence-electron chi connectivity index (χ3n) is 5.17. The van der Waals surface area contributed by atoms with Crippen LogP contribution >= 0.6 is 0 Å². The lowest BCUT2D eigenvalue weighted by atomic mass is 10.0. The first kappa shape index (κ1) is 22.7. The van der Waals surface area contributed by atoms with Gasteiger partial charge in [-0.25, -0.2) is 0 Å². The number of phenolic OH excluding ortho intramolecular Hbond substituents is 2. The summed E-state index contributed by atoms with van der Waals surface area (Å²) in [4.78, 5) is 8.92. The zero-order valence-corrected chi connectivity index (χ0v) is 18.2. The second kappa shape index (κ2) is 11.4. The van der Waals surface area contributed by atoms with Crippen molar-refractivity contribution in [3.63, 3.8) is 0 Å². The summed E-state index contributed by atoms with van der Waals surface area (Å²) in [7, 11) is 0. The number of hydrogen-bond donors (Lipinski definition) is 2. The normalized spacial score (nSPS) is 11.7. The Labute approximate surface area is 175 Å². The van der Waals surface area contributed by atoms with Crippen molar-refractivity contribution in [1.29, 1.82) is 0 Å². The molecule has 0 heterocycles. The minimum atomic E-state index is 0.337. The van der Waals surface area contributed by atoms with Gasteiger partial charge in [-0.2, -0.15) is 0 Å². The molecule has 0 amide bonds. The van der Waals surface area contributed by atoms with Gasteiger partial charge in [0, 0.05) is 36.6 Å². The maximum atomic E-state index is 10.3. The molecular formula is C25H34N2O2. The molecule has 4 nitrogen and oxygen atoms in total. The van der Waals surface area contributed by atoms with Crippen molar-refractivity contribution in [1.82, 2.24) is 0 Å². The molecule has 0 aromatic heterocycles. The van der Waals surface area contributed by atoms with Crippen LogP contribution in [0.3, 0.4) is 0 Å². The van der Waals surface area contributed by atoms with E-state index in [1.54, 1.807) is 12.4 Å². The number of aryl methyl sites for hydroxylation is 4. The van der Waals surface area contributed by atoms with Crippen LogP contribution in [0.15, 0.2) is 34.3 Å². The van der Waals surface area contributed by atoms with Gasteiger partial charge in [-0.1, -0.05) is 39.8 Å². The van der Waals surface area contributed by atoms with Crippen LogP contribution in [-0.2, 0) is 25.7 Å². The third-order valence-corrected chi connectivity index (χ3v) is 5.17. The smallest absolute Gasteiger partial charge is 0.127 e. The molecule has 29 heavy (non-hydrogen) atoms. The zero-order chi connectivity index (χ0) is 21.2. The lowest BCUT2D eigenvalue weighted by molar-refractivity contribution is 0.467. The Morgan fingerprint density at radius 3 is 1.41 bits per heavy atom. The average Bonchev–Trinajstić information content (AvgIpc) is 2.74. The summed E-state index contributed by atoms with van der Waals surface area (Å²) in [6, 6.07) is 8.14. The minimum absolute atomic E-state index is 0.337. The summed E-state index contributed by atoms with van der Waals surface area (Å²) in [6.07, 6.45) is 7.84. The lowest BCUT2D eigenvalue weighted by Gasteiger charge is -2.08. The number of rotatable bonds is 10. The van der Waals surface area contributed by atoms with Crippen molar-refractivity contribution >= 4 is 12.4 Å². The molecule has 4 heteroatoms. The third kappa shape index (κ3) is 6.18. The first-order valence-corrected chi connectivity index (χ1v) is 10.7. The average molecular weight is 395 g/mol. The van der Waals surface area contributed by atoms with E-state index in [0.29, 0.717) is 24.6 Å². The molecule has 0 saturated heterocycles. The zero-order valence-electron chi connectivity index (χ0n) is 18.2. The number of phenols is 2. The fraction of sp³-hybridized carbons (Fsp3) is 0.440. The van der Waals surface area contributed by atoms with Crippen LogP contribution in [0.2, 0.25) is 0 Å². The van der Waals surface area contributed by atoms with Crippen molar-refractivity contribution in [3.8, 4) is 11.5 Å². The van der Waals surface area contributed by atoms with Crippen molar-refractivity contribution < 1.29 is 10.2 Å². The van der Waals surface area contributed by atoms with Gasteiger partial charge in [0.15, 0.2) is 0 Å². The van der Waals surface area contributed by atoms with E-state index < -0.39 is 0 Å². The van der Waals surface area contributed by atoms with E-state index in [2.05, 4.69) is 36.0 Å². The molecule has 0 bridgehead atoms. The molecule has 2 N–H and O–H groups in total. The van der Waals surface area contributed by atoms with Gasteiger partial charge in [-0.15, -0.1) is 0 Å². The summed E-state index contributed by atoms with van der Waals surface area (Å²) in [5.41, 5.74) is 5.95. The summed E-state index contributed by atoms with van der Waals surface area (Å²) in [6.45, 7) is 9.62. The van der Waals surface area contributed by atoms with Crippen LogP contribution in [-0.4, -0.2) is 35.7 Å². The minimum Gasteiger partial charge on any atom is -0.507 e. The molecule has 0 radical (unpaired) electrons. The Balaban J connectivity index is 1.94. The SMILES string of the molecule is CCc1cc(C=NCCCN=Cc2cc(CC)cc(CC)c2O)c(O)c(CC)c1. The topological polar surface area (TPSA) is 65.2 Å². The maximum Gasteiger partial charge on any atom is 0.127 e. The highest BCUT2D eigenvalue weighted by Gasteiger charge is 2.07. The van der Waals surface area contributed by atoms with Crippen LogP contribution in [0, 0.1) is 0 Å². The number of aliphatic imine (C=N–C) groups is 2. The number of aromatic hydroxyl groups is 2. The van der Waals surface area contributed by atoms with Gasteiger partial charge in [0.2, 0.25) is 0 Å². The quantitative estimate of drug-likeness (QED) is 0.425. The highest BCUT2D eigenvalue weighted by atomic mass is 16.3. The van der Waals surface area contributed by atoms with E-state index in [0.717, 1.165) is 54.4 Å². The summed E-state index contributed by atoms with van der Waals surface area (Å²) in [5, 5.41) is 20.7. The Hall–Kier alpha value is -2.62. The fourth-order valence-corrected chi connectivity index (χ4v) is 3.30. The molecule has 2 aromatic carbocycles. The van der Waals surface area contributed by atoms with Gasteiger partial charge in [-0.05, 0) is 66.5 Å². The van der Waals surface area contributed by atoms with Crippen LogP contribution < -0.4 is 0 Å². The van der Waals surface area contributed by atoms with Crippen LogP contribution in [0.4, 0.5) is 0 Å². The van der Waals surface area contributed by atoms with E-state index >= 15 is 0 Å². The monoisotopic (exact) mass is 394 g/mol. The molecule has 0 spiro atoms. The van der Waals surface area contributed by atoms with Crippen molar-refractivity contribution in [2.45, 2.75) is 59.8 Å². The maximum absolute atomic E-state index is 10.3. The molecule has 0 aliphatic heterocycles. The van der Waals surface area contributed by atoms with E-state index in [1.807, 2.05) is 26.0 Å². The van der Waals surface area contributed by atoms with Crippen LogP contribution in [0.25, 0.3) is 0 Å². The van der Waals surface area contributed by atoms with Gasteiger partial charge < -0.3 is 10.2 Å².